The third-order valence-corrected chi connectivity index (χ3v) is 3.22. The molecule has 3 nitrogen and oxygen atoms in total. The van der Waals surface area contributed by atoms with E-state index in [9.17, 15) is 0 Å². The molecule has 3 unspecified atom stereocenters. The molecule has 0 spiro atoms. The summed E-state index contributed by atoms with van der Waals surface area (Å²) in [4.78, 5) is 4.33. The lowest BCUT2D eigenvalue weighted by atomic mass is 9.82. The zero-order valence-electron chi connectivity index (χ0n) is 7.57. The zero-order valence-corrected chi connectivity index (χ0v) is 7.57. The van der Waals surface area contributed by atoms with Crippen molar-refractivity contribution < 1.29 is 4.74 Å². The van der Waals surface area contributed by atoms with E-state index >= 15 is 0 Å². The first-order valence-corrected chi connectivity index (χ1v) is 5.06. The predicted molar refractivity (Wildman–Crippen MR) is 50.6 cm³/mol. The Bertz CT molecular complexity index is 272. The Morgan fingerprint density at radius 3 is 3.54 bits per heavy atom. The predicted octanol–water partition coefficient (Wildman–Crippen LogP) is 1.07. The Kier molecular flexibility index (Phi) is 1.57. The summed E-state index contributed by atoms with van der Waals surface area (Å²) in [5, 5.41) is 3.46. The first kappa shape index (κ1) is 7.42. The van der Waals surface area contributed by atoms with Crippen molar-refractivity contribution in [2.45, 2.75) is 31.4 Å². The van der Waals surface area contributed by atoms with E-state index in [1.807, 2.05) is 0 Å². The second-order valence-corrected chi connectivity index (χ2v) is 4.05. The molecule has 13 heavy (non-hydrogen) atoms. The summed E-state index contributed by atoms with van der Waals surface area (Å²) < 4.78 is 5.40. The van der Waals surface area contributed by atoms with Crippen molar-refractivity contribution in [1.29, 1.82) is 0 Å². The molecular weight excluding hydrogens is 164 g/mol. The molecule has 2 aliphatic heterocycles. The highest BCUT2D eigenvalue weighted by atomic mass is 16.5. The number of aliphatic imine (C=N–C) groups is 1. The zero-order chi connectivity index (χ0) is 8.67. The van der Waals surface area contributed by atoms with Gasteiger partial charge in [-0.3, -0.25) is 4.99 Å². The van der Waals surface area contributed by atoms with Gasteiger partial charge in [0.05, 0.1) is 6.04 Å². The van der Waals surface area contributed by atoms with Crippen LogP contribution in [0.5, 0.6) is 0 Å². The van der Waals surface area contributed by atoms with Crippen molar-refractivity contribution in [2.24, 2.45) is 10.9 Å². The summed E-state index contributed by atoms with van der Waals surface area (Å²) in [6, 6.07) is 0.397. The molecule has 1 fully saturated rings. The molecule has 3 atom stereocenters. The SMILES string of the molecule is C1=NC2CC3CCCNC3=CC2O1. The number of piperidine rings is 1. The summed E-state index contributed by atoms with van der Waals surface area (Å²) in [6.45, 7) is 1.13. The molecule has 0 bridgehead atoms. The highest BCUT2D eigenvalue weighted by Gasteiger charge is 2.35. The number of ether oxygens (including phenoxy) is 1. The summed E-state index contributed by atoms with van der Waals surface area (Å²) >= 11 is 0. The molecule has 0 amide bonds. The largest absolute Gasteiger partial charge is 0.474 e. The highest BCUT2D eigenvalue weighted by molar-refractivity contribution is 5.51. The number of rotatable bonds is 0. The van der Waals surface area contributed by atoms with Crippen LogP contribution >= 0.6 is 0 Å². The van der Waals surface area contributed by atoms with Crippen molar-refractivity contribution >= 4 is 6.40 Å². The van der Waals surface area contributed by atoms with Crippen LogP contribution in [0, 0.1) is 5.92 Å². The van der Waals surface area contributed by atoms with E-state index in [2.05, 4.69) is 16.4 Å². The van der Waals surface area contributed by atoms with E-state index in [0.717, 1.165) is 6.54 Å². The maximum absolute atomic E-state index is 5.40. The number of nitrogens with one attached hydrogen (secondary N) is 1. The lowest BCUT2D eigenvalue weighted by Gasteiger charge is -2.33. The summed E-state index contributed by atoms with van der Waals surface area (Å²) in [5.74, 6) is 0.717. The summed E-state index contributed by atoms with van der Waals surface area (Å²) in [6.07, 6.45) is 7.84. The first-order valence-electron chi connectivity index (χ1n) is 5.06. The molecule has 0 aromatic carbocycles. The van der Waals surface area contributed by atoms with Gasteiger partial charge in [0, 0.05) is 18.2 Å². The lowest BCUT2D eigenvalue weighted by molar-refractivity contribution is 0.210. The highest BCUT2D eigenvalue weighted by Crippen LogP contribution is 2.33. The van der Waals surface area contributed by atoms with Crippen LogP contribution in [0.25, 0.3) is 0 Å². The molecule has 3 aliphatic rings. The Balaban J connectivity index is 1.86. The van der Waals surface area contributed by atoms with E-state index in [4.69, 9.17) is 4.74 Å². The molecule has 0 radical (unpaired) electrons. The maximum atomic E-state index is 5.40. The molecule has 3 heteroatoms. The molecule has 2 heterocycles. The van der Waals surface area contributed by atoms with Gasteiger partial charge in [-0.25, -0.2) is 0 Å². The second kappa shape index (κ2) is 2.76. The van der Waals surface area contributed by atoms with Gasteiger partial charge >= 0.3 is 0 Å². The third-order valence-electron chi connectivity index (χ3n) is 3.22. The van der Waals surface area contributed by atoms with Crippen LogP contribution in [-0.4, -0.2) is 25.1 Å². The van der Waals surface area contributed by atoms with E-state index in [0.29, 0.717) is 12.0 Å². The van der Waals surface area contributed by atoms with Gasteiger partial charge < -0.3 is 10.1 Å². The van der Waals surface area contributed by atoms with Crippen molar-refractivity contribution in [2.75, 3.05) is 6.54 Å². The number of nitrogens with zero attached hydrogens (tertiary/aromatic N) is 1. The Hall–Kier alpha value is -0.990. The fourth-order valence-electron chi connectivity index (χ4n) is 2.49. The minimum atomic E-state index is 0.219. The van der Waals surface area contributed by atoms with Gasteiger partial charge in [-0.05, 0) is 25.3 Å². The number of allylic oxidation sites excluding steroid dienone is 1. The van der Waals surface area contributed by atoms with Crippen LogP contribution in [0.4, 0.5) is 0 Å². The summed E-state index contributed by atoms with van der Waals surface area (Å²) in [7, 11) is 0. The quantitative estimate of drug-likeness (QED) is 0.602. The lowest BCUT2D eigenvalue weighted by Crippen LogP contribution is -2.37. The van der Waals surface area contributed by atoms with Crippen molar-refractivity contribution in [3.8, 4) is 0 Å². The van der Waals surface area contributed by atoms with Gasteiger partial charge in [0.15, 0.2) is 6.40 Å². The monoisotopic (exact) mass is 178 g/mol. The molecule has 1 saturated heterocycles. The Labute approximate surface area is 77.9 Å². The molecule has 70 valence electrons. The summed E-state index contributed by atoms with van der Waals surface area (Å²) in [5.41, 5.74) is 1.40. The second-order valence-electron chi connectivity index (χ2n) is 4.05. The standard InChI is InChI=1S/C10H14N2O/c1-2-7-4-9-10(13-6-12-9)5-8(7)11-3-1/h5-7,9-11H,1-4H2. The first-order chi connectivity index (χ1) is 6.43. The smallest absolute Gasteiger partial charge is 0.170 e. The topological polar surface area (TPSA) is 33.6 Å². The maximum Gasteiger partial charge on any atom is 0.170 e. The van der Waals surface area contributed by atoms with E-state index in [1.165, 1.54) is 25.0 Å². The van der Waals surface area contributed by atoms with Crippen molar-refractivity contribution in [1.82, 2.24) is 5.32 Å². The average Bonchev–Trinajstić information content (AvgIpc) is 2.61. The van der Waals surface area contributed by atoms with Crippen LogP contribution in [0.3, 0.4) is 0 Å². The fraction of sp³-hybridized carbons (Fsp3) is 0.700. The van der Waals surface area contributed by atoms with Crippen LogP contribution in [0.1, 0.15) is 19.3 Å². The van der Waals surface area contributed by atoms with Crippen LogP contribution in [0.15, 0.2) is 16.8 Å². The van der Waals surface area contributed by atoms with Gasteiger partial charge in [0.25, 0.3) is 0 Å². The molecule has 0 aromatic rings. The normalized spacial score (nSPS) is 41.2. The minimum Gasteiger partial charge on any atom is -0.474 e. The Morgan fingerprint density at radius 1 is 1.54 bits per heavy atom. The van der Waals surface area contributed by atoms with E-state index in [1.54, 1.807) is 6.40 Å². The Morgan fingerprint density at radius 2 is 2.54 bits per heavy atom. The van der Waals surface area contributed by atoms with Gasteiger partial charge in [-0.15, -0.1) is 0 Å². The molecule has 1 N–H and O–H groups in total. The van der Waals surface area contributed by atoms with E-state index < -0.39 is 0 Å². The van der Waals surface area contributed by atoms with Crippen LogP contribution < -0.4 is 5.32 Å². The molecule has 1 aliphatic carbocycles. The van der Waals surface area contributed by atoms with Crippen molar-refractivity contribution in [3.63, 3.8) is 0 Å². The number of hydrogen-bond acceptors (Lipinski definition) is 3. The molecular formula is C10H14N2O. The van der Waals surface area contributed by atoms with Gasteiger partial charge in [0.2, 0.25) is 0 Å². The van der Waals surface area contributed by atoms with Crippen LogP contribution in [-0.2, 0) is 4.74 Å². The van der Waals surface area contributed by atoms with Gasteiger partial charge in [0.1, 0.15) is 6.10 Å². The van der Waals surface area contributed by atoms with E-state index in [-0.39, 0.29) is 6.10 Å². The minimum absolute atomic E-state index is 0.219. The average molecular weight is 178 g/mol. The van der Waals surface area contributed by atoms with Crippen molar-refractivity contribution in [3.05, 3.63) is 11.8 Å². The number of fused-ring (bicyclic) bond motifs is 2. The molecule has 3 rings (SSSR count). The van der Waals surface area contributed by atoms with Crippen LogP contribution in [0.2, 0.25) is 0 Å². The molecule has 0 saturated carbocycles. The van der Waals surface area contributed by atoms with Gasteiger partial charge in [-0.1, -0.05) is 0 Å². The third kappa shape index (κ3) is 1.14. The molecule has 0 aromatic heterocycles. The number of hydrogen-bond donors (Lipinski definition) is 1. The fourth-order valence-corrected chi connectivity index (χ4v) is 2.49. The van der Waals surface area contributed by atoms with Gasteiger partial charge in [-0.2, -0.15) is 0 Å².